The number of nitrogens with zero attached hydrogens (tertiary/aromatic N) is 1. The molecule has 0 fully saturated rings. The summed E-state index contributed by atoms with van der Waals surface area (Å²) in [5.74, 6) is -0.660. The van der Waals surface area contributed by atoms with Gasteiger partial charge in [-0.25, -0.2) is 4.39 Å². The number of hydrogen-bond donors (Lipinski definition) is 1. The Kier molecular flexibility index (Phi) is 7.36. The van der Waals surface area contributed by atoms with E-state index < -0.39 is 17.8 Å². The molecule has 3 aromatic carbocycles. The van der Waals surface area contributed by atoms with Crippen LogP contribution in [0.3, 0.4) is 0 Å². The summed E-state index contributed by atoms with van der Waals surface area (Å²) in [6, 6.07) is 21.4. The van der Waals surface area contributed by atoms with Crippen LogP contribution in [0, 0.1) is 17.1 Å². The fourth-order valence-corrected chi connectivity index (χ4v) is 3.28. The van der Waals surface area contributed by atoms with Crippen LogP contribution in [-0.4, -0.2) is 19.6 Å². The highest BCUT2D eigenvalue weighted by Gasteiger charge is 2.24. The van der Waals surface area contributed by atoms with Gasteiger partial charge in [0.15, 0.2) is 6.10 Å². The van der Waals surface area contributed by atoms with Crippen LogP contribution in [0.25, 0.3) is 11.1 Å². The molecule has 3 aromatic rings. The van der Waals surface area contributed by atoms with Crippen molar-refractivity contribution in [1.29, 1.82) is 5.26 Å². The number of nitriles is 1. The summed E-state index contributed by atoms with van der Waals surface area (Å²) in [6.45, 7) is 2.20. The molecule has 0 radical (unpaired) electrons. The van der Waals surface area contributed by atoms with Crippen LogP contribution < -0.4 is 10.1 Å². The zero-order valence-corrected chi connectivity index (χ0v) is 17.4. The number of nitrogens with one attached hydrogen (secondary N) is 1. The highest BCUT2D eigenvalue weighted by atomic mass is 19.1. The molecule has 0 aliphatic rings. The van der Waals surface area contributed by atoms with Crippen molar-refractivity contribution in [1.82, 2.24) is 5.32 Å². The molecule has 0 heterocycles. The Labute approximate surface area is 181 Å². The third kappa shape index (κ3) is 5.27. The van der Waals surface area contributed by atoms with E-state index in [0.717, 1.165) is 16.7 Å². The van der Waals surface area contributed by atoms with Crippen molar-refractivity contribution in [3.8, 4) is 22.9 Å². The summed E-state index contributed by atoms with van der Waals surface area (Å²) in [5, 5.41) is 12.1. The SMILES string of the molecule is CCOC(C(=O)NCc1ccc(C#N)cc1-c1ccccc1)c1ccc(OC)cc1F. The third-order valence-corrected chi connectivity index (χ3v) is 4.84. The fourth-order valence-electron chi connectivity index (χ4n) is 3.28. The van der Waals surface area contributed by atoms with E-state index in [4.69, 9.17) is 9.47 Å². The van der Waals surface area contributed by atoms with Crippen LogP contribution in [0.4, 0.5) is 4.39 Å². The largest absolute Gasteiger partial charge is 0.497 e. The van der Waals surface area contributed by atoms with Gasteiger partial charge in [0.25, 0.3) is 5.91 Å². The summed E-state index contributed by atoms with van der Waals surface area (Å²) < 4.78 is 25.1. The molecule has 31 heavy (non-hydrogen) atoms. The number of benzene rings is 3. The Hall–Kier alpha value is -3.69. The van der Waals surface area contributed by atoms with Crippen molar-refractivity contribution in [3.05, 3.63) is 89.2 Å². The highest BCUT2D eigenvalue weighted by molar-refractivity contribution is 5.82. The van der Waals surface area contributed by atoms with Crippen molar-refractivity contribution in [2.24, 2.45) is 0 Å². The van der Waals surface area contributed by atoms with Gasteiger partial charge in [-0.05, 0) is 47.9 Å². The topological polar surface area (TPSA) is 71.3 Å². The zero-order chi connectivity index (χ0) is 22.2. The van der Waals surface area contributed by atoms with Gasteiger partial charge in [0.2, 0.25) is 0 Å². The van der Waals surface area contributed by atoms with Crippen molar-refractivity contribution in [3.63, 3.8) is 0 Å². The molecule has 0 saturated heterocycles. The van der Waals surface area contributed by atoms with E-state index in [2.05, 4.69) is 11.4 Å². The van der Waals surface area contributed by atoms with E-state index in [1.807, 2.05) is 36.4 Å². The molecule has 0 aliphatic heterocycles. The second-order valence-electron chi connectivity index (χ2n) is 6.79. The van der Waals surface area contributed by atoms with E-state index in [1.165, 1.54) is 19.2 Å². The first-order chi connectivity index (χ1) is 15.1. The van der Waals surface area contributed by atoms with Crippen LogP contribution >= 0.6 is 0 Å². The van der Waals surface area contributed by atoms with Gasteiger partial charge >= 0.3 is 0 Å². The summed E-state index contributed by atoms with van der Waals surface area (Å²) in [7, 11) is 1.45. The molecule has 5 nitrogen and oxygen atoms in total. The van der Waals surface area contributed by atoms with Gasteiger partial charge in [0.05, 0.1) is 18.7 Å². The van der Waals surface area contributed by atoms with Crippen LogP contribution in [-0.2, 0) is 16.1 Å². The van der Waals surface area contributed by atoms with Crippen LogP contribution in [0.1, 0.15) is 29.7 Å². The Morgan fingerprint density at radius 2 is 1.90 bits per heavy atom. The van der Waals surface area contributed by atoms with E-state index in [1.54, 1.807) is 25.1 Å². The van der Waals surface area contributed by atoms with Gasteiger partial charge in [-0.2, -0.15) is 5.26 Å². The van der Waals surface area contributed by atoms with Gasteiger partial charge in [-0.3, -0.25) is 4.79 Å². The molecule has 1 N–H and O–H groups in total. The molecule has 0 spiro atoms. The monoisotopic (exact) mass is 418 g/mol. The Balaban J connectivity index is 1.84. The number of carbonyl (C=O) groups is 1. The molecule has 1 unspecified atom stereocenters. The maximum Gasteiger partial charge on any atom is 0.254 e. The van der Waals surface area contributed by atoms with E-state index in [-0.39, 0.29) is 18.7 Å². The van der Waals surface area contributed by atoms with E-state index >= 15 is 0 Å². The normalized spacial score (nSPS) is 11.4. The molecule has 1 amide bonds. The molecular formula is C25H23FN2O3. The number of carbonyl (C=O) groups excluding carboxylic acids is 1. The number of methoxy groups -OCH3 is 1. The maximum absolute atomic E-state index is 14.5. The molecule has 0 aromatic heterocycles. The Morgan fingerprint density at radius 3 is 2.55 bits per heavy atom. The smallest absolute Gasteiger partial charge is 0.254 e. The van der Waals surface area contributed by atoms with Crippen LogP contribution in [0.5, 0.6) is 5.75 Å². The average molecular weight is 418 g/mol. The lowest BCUT2D eigenvalue weighted by Crippen LogP contribution is -2.31. The lowest BCUT2D eigenvalue weighted by molar-refractivity contribution is -0.133. The highest BCUT2D eigenvalue weighted by Crippen LogP contribution is 2.27. The summed E-state index contributed by atoms with van der Waals surface area (Å²) in [4.78, 5) is 12.9. The molecule has 158 valence electrons. The van der Waals surface area contributed by atoms with Crippen molar-refractivity contribution in [2.45, 2.75) is 19.6 Å². The number of ether oxygens (including phenoxy) is 2. The van der Waals surface area contributed by atoms with Crippen molar-refractivity contribution < 1.29 is 18.7 Å². The van der Waals surface area contributed by atoms with Gasteiger partial charge in [-0.15, -0.1) is 0 Å². The Bertz CT molecular complexity index is 1090. The minimum Gasteiger partial charge on any atom is -0.497 e. The minimum atomic E-state index is -1.09. The Morgan fingerprint density at radius 1 is 1.13 bits per heavy atom. The number of halogens is 1. The molecule has 0 saturated carbocycles. The fraction of sp³-hybridized carbons (Fsp3) is 0.200. The van der Waals surface area contributed by atoms with Gasteiger partial charge in [0, 0.05) is 24.8 Å². The number of rotatable bonds is 8. The van der Waals surface area contributed by atoms with E-state index in [0.29, 0.717) is 11.3 Å². The first-order valence-corrected chi connectivity index (χ1v) is 9.88. The predicted molar refractivity (Wildman–Crippen MR) is 116 cm³/mol. The van der Waals surface area contributed by atoms with Crippen LogP contribution in [0.15, 0.2) is 66.7 Å². The lowest BCUT2D eigenvalue weighted by Gasteiger charge is -2.19. The summed E-state index contributed by atoms with van der Waals surface area (Å²) in [6.07, 6.45) is -1.09. The van der Waals surface area contributed by atoms with Gasteiger partial charge in [-0.1, -0.05) is 36.4 Å². The third-order valence-electron chi connectivity index (χ3n) is 4.84. The maximum atomic E-state index is 14.5. The number of amides is 1. The number of hydrogen-bond acceptors (Lipinski definition) is 4. The first kappa shape index (κ1) is 22.0. The summed E-state index contributed by atoms with van der Waals surface area (Å²) >= 11 is 0. The predicted octanol–water partition coefficient (Wildman–Crippen LogP) is 4.77. The van der Waals surface area contributed by atoms with Gasteiger partial charge in [0.1, 0.15) is 11.6 Å². The molecule has 0 aliphatic carbocycles. The minimum absolute atomic E-state index is 0.142. The molecule has 3 rings (SSSR count). The van der Waals surface area contributed by atoms with E-state index in [9.17, 15) is 14.4 Å². The molecule has 0 bridgehead atoms. The lowest BCUT2D eigenvalue weighted by atomic mass is 9.97. The second kappa shape index (κ2) is 10.4. The van der Waals surface area contributed by atoms with Crippen molar-refractivity contribution >= 4 is 5.91 Å². The summed E-state index contributed by atoms with van der Waals surface area (Å²) in [5.41, 5.74) is 3.30. The standard InChI is InChI=1S/C25H23FN2O3/c1-3-31-24(21-12-11-20(30-2)14-23(21)26)25(29)28-16-19-10-9-17(15-27)13-22(19)18-7-5-4-6-8-18/h4-14,24H,3,16H2,1-2H3,(H,28,29). The van der Waals surface area contributed by atoms with Gasteiger partial charge < -0.3 is 14.8 Å². The average Bonchev–Trinajstić information content (AvgIpc) is 2.81. The quantitative estimate of drug-likeness (QED) is 0.572. The molecule has 1 atom stereocenters. The van der Waals surface area contributed by atoms with Crippen molar-refractivity contribution in [2.75, 3.05) is 13.7 Å². The zero-order valence-electron chi connectivity index (χ0n) is 17.4. The molecule has 6 heteroatoms. The first-order valence-electron chi connectivity index (χ1n) is 9.88. The molecular weight excluding hydrogens is 395 g/mol. The second-order valence-corrected chi connectivity index (χ2v) is 6.79. The van der Waals surface area contributed by atoms with Crippen LogP contribution in [0.2, 0.25) is 0 Å².